The van der Waals surface area contributed by atoms with Crippen molar-refractivity contribution in [3.63, 3.8) is 0 Å². The highest BCUT2D eigenvalue weighted by Crippen LogP contribution is 2.23. The van der Waals surface area contributed by atoms with Crippen LogP contribution in [0.3, 0.4) is 0 Å². The minimum atomic E-state index is -0.285. The summed E-state index contributed by atoms with van der Waals surface area (Å²) in [6.07, 6.45) is 0.774. The average molecular weight is 288 g/mol. The van der Waals surface area contributed by atoms with Crippen LogP contribution in [0.2, 0.25) is 0 Å². The Morgan fingerprint density at radius 3 is 2.71 bits per heavy atom. The lowest BCUT2D eigenvalue weighted by molar-refractivity contribution is -0.124. The lowest BCUT2D eigenvalue weighted by atomic mass is 10.2. The van der Waals surface area contributed by atoms with E-state index in [1.807, 2.05) is 36.6 Å². The number of carbonyl (C=O) groups is 1. The van der Waals surface area contributed by atoms with Crippen LogP contribution in [0.15, 0.2) is 18.2 Å². The smallest absolute Gasteiger partial charge is 0.242 e. The van der Waals surface area contributed by atoms with Gasteiger partial charge in [-0.3, -0.25) is 4.79 Å². The lowest BCUT2D eigenvalue weighted by Gasteiger charge is -2.18. The van der Waals surface area contributed by atoms with Gasteiger partial charge in [-0.25, -0.2) is 4.98 Å². The standard InChI is InChI=1S/C16H24N4O/c1-5-15-19-13-8-12(17)6-7-14(13)20(15)11(4)16(21)18-9-10(2)3/h6-8,10-11H,5,9,17H2,1-4H3,(H,18,21). The molecule has 0 fully saturated rings. The number of amides is 1. The van der Waals surface area contributed by atoms with Crippen LogP contribution < -0.4 is 11.1 Å². The van der Waals surface area contributed by atoms with E-state index in [0.29, 0.717) is 18.2 Å². The van der Waals surface area contributed by atoms with E-state index in [-0.39, 0.29) is 11.9 Å². The summed E-state index contributed by atoms with van der Waals surface area (Å²) in [5.41, 5.74) is 8.29. The van der Waals surface area contributed by atoms with Crippen molar-refractivity contribution in [3.05, 3.63) is 24.0 Å². The predicted molar refractivity (Wildman–Crippen MR) is 86.1 cm³/mol. The zero-order valence-electron chi connectivity index (χ0n) is 13.2. The summed E-state index contributed by atoms with van der Waals surface area (Å²) in [4.78, 5) is 16.9. The van der Waals surface area contributed by atoms with Crippen LogP contribution >= 0.6 is 0 Å². The molecule has 2 aromatic rings. The second-order valence-electron chi connectivity index (χ2n) is 5.81. The lowest BCUT2D eigenvalue weighted by Crippen LogP contribution is -2.34. The monoisotopic (exact) mass is 288 g/mol. The number of fused-ring (bicyclic) bond motifs is 1. The molecule has 1 heterocycles. The number of nitrogens with two attached hydrogens (primary N) is 1. The first kappa shape index (κ1) is 15.4. The van der Waals surface area contributed by atoms with Gasteiger partial charge in [0.05, 0.1) is 11.0 Å². The van der Waals surface area contributed by atoms with Gasteiger partial charge in [0, 0.05) is 18.7 Å². The number of aryl methyl sites for hydroxylation is 1. The van der Waals surface area contributed by atoms with Gasteiger partial charge in [0.2, 0.25) is 5.91 Å². The molecule has 0 aliphatic heterocycles. The van der Waals surface area contributed by atoms with Gasteiger partial charge < -0.3 is 15.6 Å². The molecule has 5 heteroatoms. The van der Waals surface area contributed by atoms with Crippen molar-refractivity contribution < 1.29 is 4.79 Å². The molecule has 21 heavy (non-hydrogen) atoms. The number of aromatic nitrogens is 2. The van der Waals surface area contributed by atoms with Crippen LogP contribution in [0.4, 0.5) is 5.69 Å². The summed E-state index contributed by atoms with van der Waals surface area (Å²) in [5.74, 6) is 1.36. The average Bonchev–Trinajstić information content (AvgIpc) is 2.81. The Kier molecular flexibility index (Phi) is 4.50. The summed E-state index contributed by atoms with van der Waals surface area (Å²) in [5, 5.41) is 2.99. The summed E-state index contributed by atoms with van der Waals surface area (Å²) >= 11 is 0. The van der Waals surface area contributed by atoms with Crippen LogP contribution in [0, 0.1) is 5.92 Å². The zero-order valence-corrected chi connectivity index (χ0v) is 13.2. The van der Waals surface area contributed by atoms with Crippen LogP contribution in [0.1, 0.15) is 39.6 Å². The minimum absolute atomic E-state index is 0.0227. The first-order valence-corrected chi connectivity index (χ1v) is 7.48. The van der Waals surface area contributed by atoms with E-state index in [1.165, 1.54) is 0 Å². The second-order valence-corrected chi connectivity index (χ2v) is 5.81. The number of hydrogen-bond donors (Lipinski definition) is 2. The number of benzene rings is 1. The molecule has 3 N–H and O–H groups in total. The summed E-state index contributed by atoms with van der Waals surface area (Å²) < 4.78 is 2.00. The maximum Gasteiger partial charge on any atom is 0.242 e. The first-order chi connectivity index (χ1) is 9.93. The van der Waals surface area contributed by atoms with E-state index in [9.17, 15) is 4.79 Å². The van der Waals surface area contributed by atoms with E-state index in [0.717, 1.165) is 23.3 Å². The van der Waals surface area contributed by atoms with Crippen LogP contribution in [-0.2, 0) is 11.2 Å². The van der Waals surface area contributed by atoms with Gasteiger partial charge in [0.25, 0.3) is 0 Å². The minimum Gasteiger partial charge on any atom is -0.399 e. The van der Waals surface area contributed by atoms with Gasteiger partial charge in [-0.15, -0.1) is 0 Å². The van der Waals surface area contributed by atoms with Gasteiger partial charge in [-0.05, 0) is 31.0 Å². The number of carbonyl (C=O) groups excluding carboxylic acids is 1. The third-order valence-electron chi connectivity index (χ3n) is 3.55. The van der Waals surface area contributed by atoms with Crippen LogP contribution in [0.25, 0.3) is 11.0 Å². The fourth-order valence-corrected chi connectivity index (χ4v) is 2.42. The van der Waals surface area contributed by atoms with Gasteiger partial charge in [0.1, 0.15) is 11.9 Å². The first-order valence-electron chi connectivity index (χ1n) is 7.48. The molecule has 0 bridgehead atoms. The predicted octanol–water partition coefficient (Wildman–Crippen LogP) is 2.51. The molecule has 1 unspecified atom stereocenters. The second kappa shape index (κ2) is 6.16. The SMILES string of the molecule is CCc1nc2cc(N)ccc2n1C(C)C(=O)NCC(C)C. The molecule has 0 aliphatic rings. The summed E-state index contributed by atoms with van der Waals surface area (Å²) in [6, 6.07) is 5.35. The van der Waals surface area contributed by atoms with Crippen molar-refractivity contribution in [1.29, 1.82) is 0 Å². The van der Waals surface area contributed by atoms with E-state index < -0.39 is 0 Å². The third kappa shape index (κ3) is 3.17. The molecule has 1 aromatic heterocycles. The van der Waals surface area contributed by atoms with E-state index in [1.54, 1.807) is 0 Å². The number of nitrogens with one attached hydrogen (secondary N) is 1. The largest absolute Gasteiger partial charge is 0.399 e. The molecular formula is C16H24N4O. The quantitative estimate of drug-likeness (QED) is 0.830. The molecule has 0 radical (unpaired) electrons. The molecule has 114 valence electrons. The molecule has 1 atom stereocenters. The number of hydrogen-bond acceptors (Lipinski definition) is 3. The number of nitrogens with zero attached hydrogens (tertiary/aromatic N) is 2. The Morgan fingerprint density at radius 1 is 1.38 bits per heavy atom. The van der Waals surface area contributed by atoms with Gasteiger partial charge in [-0.1, -0.05) is 20.8 Å². The number of rotatable bonds is 5. The third-order valence-corrected chi connectivity index (χ3v) is 3.55. The molecule has 0 aliphatic carbocycles. The Morgan fingerprint density at radius 2 is 2.10 bits per heavy atom. The van der Waals surface area contributed by atoms with Crippen LogP contribution in [-0.4, -0.2) is 22.0 Å². The van der Waals surface area contributed by atoms with Gasteiger partial charge in [-0.2, -0.15) is 0 Å². The summed E-state index contributed by atoms with van der Waals surface area (Å²) in [6.45, 7) is 8.80. The zero-order chi connectivity index (χ0) is 15.6. The fourth-order valence-electron chi connectivity index (χ4n) is 2.42. The van der Waals surface area contributed by atoms with Crippen molar-refractivity contribution in [2.75, 3.05) is 12.3 Å². The normalized spacial score (nSPS) is 12.8. The number of imidazole rings is 1. The highest BCUT2D eigenvalue weighted by Gasteiger charge is 2.20. The Balaban J connectivity index is 2.37. The molecule has 2 rings (SSSR count). The maximum absolute atomic E-state index is 12.3. The Bertz CT molecular complexity index is 645. The highest BCUT2D eigenvalue weighted by molar-refractivity contribution is 5.85. The van der Waals surface area contributed by atoms with Crippen molar-refractivity contribution in [1.82, 2.24) is 14.9 Å². The fraction of sp³-hybridized carbons (Fsp3) is 0.500. The molecule has 1 amide bonds. The molecule has 0 saturated carbocycles. The van der Waals surface area contributed by atoms with Gasteiger partial charge in [0.15, 0.2) is 0 Å². The Hall–Kier alpha value is -2.04. The molecule has 0 spiro atoms. The van der Waals surface area contributed by atoms with Crippen molar-refractivity contribution >= 4 is 22.6 Å². The molecule has 1 aromatic carbocycles. The topological polar surface area (TPSA) is 72.9 Å². The molecular weight excluding hydrogens is 264 g/mol. The maximum atomic E-state index is 12.3. The van der Waals surface area contributed by atoms with E-state index in [2.05, 4.69) is 24.1 Å². The number of nitrogen functional groups attached to an aromatic ring is 1. The van der Waals surface area contributed by atoms with Crippen molar-refractivity contribution in [3.8, 4) is 0 Å². The van der Waals surface area contributed by atoms with E-state index >= 15 is 0 Å². The summed E-state index contributed by atoms with van der Waals surface area (Å²) in [7, 11) is 0. The van der Waals surface area contributed by atoms with Crippen LogP contribution in [0.5, 0.6) is 0 Å². The molecule has 0 saturated heterocycles. The number of anilines is 1. The van der Waals surface area contributed by atoms with Gasteiger partial charge >= 0.3 is 0 Å². The van der Waals surface area contributed by atoms with E-state index in [4.69, 9.17) is 5.73 Å². The van der Waals surface area contributed by atoms with Crippen molar-refractivity contribution in [2.24, 2.45) is 5.92 Å². The Labute approximate surface area is 125 Å². The molecule has 5 nitrogen and oxygen atoms in total. The van der Waals surface area contributed by atoms with Crippen molar-refractivity contribution in [2.45, 2.75) is 40.2 Å². The highest BCUT2D eigenvalue weighted by atomic mass is 16.2.